The lowest BCUT2D eigenvalue weighted by Gasteiger charge is -2.21. The standard InChI is InChI=1S/C23H28N4O.C2H2O4/c1-16-5-10-22(17(2)13-16)26-23(28)14-18(3)25-19(4)20-6-8-21(9-7-20)27-12-11-24-15-27;3-1(4)2(5)6/h5-13,15,18-19,25H,14H2,1-4H3,(H,26,28);(H,3,4)(H,5,6). The van der Waals surface area contributed by atoms with Crippen LogP contribution in [0.15, 0.2) is 61.2 Å². The van der Waals surface area contributed by atoms with Crippen LogP contribution in [0, 0.1) is 13.8 Å². The Morgan fingerprint density at radius 2 is 1.65 bits per heavy atom. The Morgan fingerprint density at radius 3 is 2.18 bits per heavy atom. The predicted molar refractivity (Wildman–Crippen MR) is 129 cm³/mol. The lowest BCUT2D eigenvalue weighted by molar-refractivity contribution is -0.159. The highest BCUT2D eigenvalue weighted by molar-refractivity contribution is 6.27. The van der Waals surface area contributed by atoms with Gasteiger partial charge in [0.05, 0.1) is 6.33 Å². The highest BCUT2D eigenvalue weighted by Crippen LogP contribution is 2.18. The number of carbonyl (C=O) groups excluding carboxylic acids is 1. The van der Waals surface area contributed by atoms with Crippen LogP contribution in [-0.2, 0) is 14.4 Å². The maximum absolute atomic E-state index is 12.4. The van der Waals surface area contributed by atoms with Crippen molar-refractivity contribution in [3.8, 4) is 5.69 Å². The zero-order valence-corrected chi connectivity index (χ0v) is 19.6. The highest BCUT2D eigenvalue weighted by Gasteiger charge is 2.14. The number of rotatable bonds is 7. The number of imidazole rings is 1. The number of carbonyl (C=O) groups is 3. The number of nitrogens with one attached hydrogen (secondary N) is 2. The minimum absolute atomic E-state index is 0.0228. The number of hydrogen-bond donors (Lipinski definition) is 4. The van der Waals surface area contributed by atoms with Gasteiger partial charge in [-0.25, -0.2) is 14.6 Å². The molecule has 180 valence electrons. The number of aromatic nitrogens is 2. The monoisotopic (exact) mass is 466 g/mol. The van der Waals surface area contributed by atoms with Gasteiger partial charge >= 0.3 is 11.9 Å². The molecular weight excluding hydrogens is 436 g/mol. The molecule has 2 aromatic carbocycles. The van der Waals surface area contributed by atoms with Crippen LogP contribution in [0.2, 0.25) is 0 Å². The molecule has 0 aliphatic carbocycles. The lowest BCUT2D eigenvalue weighted by Crippen LogP contribution is -2.32. The maximum atomic E-state index is 12.4. The first kappa shape index (κ1) is 26.3. The molecule has 0 radical (unpaired) electrons. The molecule has 0 saturated carbocycles. The van der Waals surface area contributed by atoms with E-state index in [0.29, 0.717) is 6.42 Å². The van der Waals surface area contributed by atoms with Crippen molar-refractivity contribution in [2.24, 2.45) is 0 Å². The van der Waals surface area contributed by atoms with Crippen molar-refractivity contribution in [2.45, 2.75) is 46.2 Å². The number of nitrogens with zero attached hydrogens (tertiary/aromatic N) is 2. The molecule has 2 unspecified atom stereocenters. The van der Waals surface area contributed by atoms with E-state index >= 15 is 0 Å². The summed E-state index contributed by atoms with van der Waals surface area (Å²) >= 11 is 0. The Balaban J connectivity index is 0.000000604. The fourth-order valence-corrected chi connectivity index (χ4v) is 3.36. The van der Waals surface area contributed by atoms with E-state index in [0.717, 1.165) is 16.9 Å². The van der Waals surface area contributed by atoms with E-state index in [1.807, 2.05) is 43.7 Å². The van der Waals surface area contributed by atoms with Crippen LogP contribution in [0.4, 0.5) is 5.69 Å². The summed E-state index contributed by atoms with van der Waals surface area (Å²) in [5.74, 6) is -3.63. The molecule has 0 fully saturated rings. The molecule has 0 spiro atoms. The molecule has 3 aromatic rings. The van der Waals surface area contributed by atoms with Crippen LogP contribution < -0.4 is 10.6 Å². The van der Waals surface area contributed by atoms with Crippen molar-refractivity contribution in [1.29, 1.82) is 0 Å². The fourth-order valence-electron chi connectivity index (χ4n) is 3.36. The van der Waals surface area contributed by atoms with Gasteiger partial charge in [-0.15, -0.1) is 0 Å². The first-order valence-electron chi connectivity index (χ1n) is 10.7. The van der Waals surface area contributed by atoms with Gasteiger partial charge in [-0.2, -0.15) is 0 Å². The van der Waals surface area contributed by atoms with Gasteiger partial charge in [-0.1, -0.05) is 29.8 Å². The van der Waals surface area contributed by atoms with Crippen LogP contribution >= 0.6 is 0 Å². The third-order valence-electron chi connectivity index (χ3n) is 5.06. The minimum atomic E-state index is -1.82. The molecule has 9 heteroatoms. The van der Waals surface area contributed by atoms with Crippen LogP contribution in [0.25, 0.3) is 5.69 Å². The summed E-state index contributed by atoms with van der Waals surface area (Å²) in [6.07, 6.45) is 5.90. The van der Waals surface area contributed by atoms with Crippen molar-refractivity contribution in [3.63, 3.8) is 0 Å². The Morgan fingerprint density at radius 1 is 1.00 bits per heavy atom. The molecule has 3 rings (SSSR count). The summed E-state index contributed by atoms with van der Waals surface area (Å²) in [5.41, 5.74) is 5.42. The van der Waals surface area contributed by atoms with Gasteiger partial charge in [-0.3, -0.25) is 4.79 Å². The first-order chi connectivity index (χ1) is 16.1. The van der Waals surface area contributed by atoms with Gasteiger partial charge in [0.15, 0.2) is 0 Å². The summed E-state index contributed by atoms with van der Waals surface area (Å²) < 4.78 is 1.97. The van der Waals surface area contributed by atoms with E-state index < -0.39 is 11.9 Å². The largest absolute Gasteiger partial charge is 0.473 e. The van der Waals surface area contributed by atoms with Gasteiger partial charge in [-0.05, 0) is 57.0 Å². The van der Waals surface area contributed by atoms with Crippen molar-refractivity contribution in [3.05, 3.63) is 77.9 Å². The number of aliphatic carboxylic acids is 2. The van der Waals surface area contributed by atoms with Crippen LogP contribution in [0.5, 0.6) is 0 Å². The number of hydrogen-bond acceptors (Lipinski definition) is 5. The molecule has 1 aromatic heterocycles. The number of carboxylic acids is 2. The van der Waals surface area contributed by atoms with Crippen molar-refractivity contribution >= 4 is 23.5 Å². The molecule has 0 bridgehead atoms. The minimum Gasteiger partial charge on any atom is -0.473 e. The molecule has 0 aliphatic rings. The second-order valence-electron chi connectivity index (χ2n) is 8.03. The fraction of sp³-hybridized carbons (Fsp3) is 0.280. The summed E-state index contributed by atoms with van der Waals surface area (Å²) in [5, 5.41) is 21.3. The molecule has 1 amide bonds. The van der Waals surface area contributed by atoms with E-state index in [4.69, 9.17) is 19.8 Å². The number of carboxylic acid groups (broad SMARTS) is 2. The zero-order valence-electron chi connectivity index (χ0n) is 19.6. The quantitative estimate of drug-likeness (QED) is 0.390. The van der Waals surface area contributed by atoms with Crippen molar-refractivity contribution < 1.29 is 24.6 Å². The predicted octanol–water partition coefficient (Wildman–Crippen LogP) is 3.71. The summed E-state index contributed by atoms with van der Waals surface area (Å²) in [4.78, 5) is 34.7. The van der Waals surface area contributed by atoms with Crippen LogP contribution in [0.3, 0.4) is 0 Å². The average Bonchev–Trinajstić information content (AvgIpc) is 3.31. The smallest absolute Gasteiger partial charge is 0.414 e. The molecule has 4 N–H and O–H groups in total. The molecule has 0 aliphatic heterocycles. The second-order valence-corrected chi connectivity index (χ2v) is 8.03. The Hall–Kier alpha value is -3.98. The molecule has 9 nitrogen and oxygen atoms in total. The van der Waals surface area contributed by atoms with E-state index in [2.05, 4.69) is 52.9 Å². The molecule has 34 heavy (non-hydrogen) atoms. The summed E-state index contributed by atoms with van der Waals surface area (Å²) in [7, 11) is 0. The van der Waals surface area contributed by atoms with E-state index in [9.17, 15) is 4.79 Å². The Labute approximate surface area is 198 Å². The average molecular weight is 467 g/mol. The number of aryl methyl sites for hydroxylation is 2. The molecule has 2 atom stereocenters. The van der Waals surface area contributed by atoms with Crippen LogP contribution in [-0.4, -0.2) is 43.7 Å². The normalized spacial score (nSPS) is 12.1. The zero-order chi connectivity index (χ0) is 25.3. The van der Waals surface area contributed by atoms with E-state index in [1.165, 1.54) is 11.1 Å². The van der Waals surface area contributed by atoms with Crippen molar-refractivity contribution in [1.82, 2.24) is 14.9 Å². The Bertz CT molecular complexity index is 1100. The van der Waals surface area contributed by atoms with E-state index in [1.54, 1.807) is 12.5 Å². The van der Waals surface area contributed by atoms with Gasteiger partial charge < -0.3 is 25.4 Å². The van der Waals surface area contributed by atoms with Gasteiger partial charge in [0.25, 0.3) is 0 Å². The molecular formula is C25H30N4O5. The second kappa shape index (κ2) is 12.3. The topological polar surface area (TPSA) is 134 Å². The molecule has 0 saturated heterocycles. The SMILES string of the molecule is Cc1ccc(NC(=O)CC(C)NC(C)c2ccc(-n3ccnc3)cc2)c(C)c1.O=C(O)C(=O)O. The van der Waals surface area contributed by atoms with Gasteiger partial charge in [0, 0.05) is 42.3 Å². The number of anilines is 1. The molecule has 1 heterocycles. The number of benzene rings is 2. The lowest BCUT2D eigenvalue weighted by atomic mass is 10.1. The van der Waals surface area contributed by atoms with Gasteiger partial charge in [0.2, 0.25) is 5.91 Å². The highest BCUT2D eigenvalue weighted by atomic mass is 16.4. The summed E-state index contributed by atoms with van der Waals surface area (Å²) in [6.45, 7) is 8.22. The summed E-state index contributed by atoms with van der Waals surface area (Å²) in [6, 6.07) is 14.6. The maximum Gasteiger partial charge on any atom is 0.414 e. The first-order valence-corrected chi connectivity index (χ1v) is 10.7. The Kier molecular flexibility index (Phi) is 9.51. The van der Waals surface area contributed by atoms with Gasteiger partial charge in [0.1, 0.15) is 0 Å². The van der Waals surface area contributed by atoms with Crippen LogP contribution in [0.1, 0.15) is 43.0 Å². The van der Waals surface area contributed by atoms with Crippen molar-refractivity contribution in [2.75, 3.05) is 5.32 Å². The third-order valence-corrected chi connectivity index (χ3v) is 5.06. The number of amides is 1. The third kappa shape index (κ3) is 8.18. The van der Waals surface area contributed by atoms with E-state index in [-0.39, 0.29) is 18.0 Å².